The van der Waals surface area contributed by atoms with Gasteiger partial charge in [0.1, 0.15) is 0 Å². The number of ether oxygens (including phenoxy) is 1. The average molecular weight is 275 g/mol. The minimum absolute atomic E-state index is 0.0997. The van der Waals surface area contributed by atoms with Crippen LogP contribution in [0.15, 0.2) is 24.3 Å². The average Bonchev–Trinajstić information content (AvgIpc) is 2.90. The molecule has 0 bridgehead atoms. The van der Waals surface area contributed by atoms with Crippen LogP contribution in [0.1, 0.15) is 30.4 Å². The molecule has 2 atom stereocenters. The number of nitrogens with zero attached hydrogens (tertiary/aromatic N) is 1. The normalized spacial score (nSPS) is 26.4. The van der Waals surface area contributed by atoms with Crippen LogP contribution in [-0.4, -0.2) is 41.3 Å². The van der Waals surface area contributed by atoms with Crippen LogP contribution in [0.4, 0.5) is 0 Å². The van der Waals surface area contributed by atoms with E-state index in [1.54, 1.807) is 0 Å². The molecule has 1 aliphatic heterocycles. The Kier molecular flexibility index (Phi) is 4.03. The highest BCUT2D eigenvalue weighted by molar-refractivity contribution is 5.70. The largest absolute Gasteiger partial charge is 0.481 e. The molecule has 1 aliphatic carbocycles. The van der Waals surface area contributed by atoms with Crippen molar-refractivity contribution in [1.82, 2.24) is 4.90 Å². The van der Waals surface area contributed by atoms with Gasteiger partial charge >= 0.3 is 5.97 Å². The fourth-order valence-corrected chi connectivity index (χ4v) is 3.37. The highest BCUT2D eigenvalue weighted by atomic mass is 16.5. The lowest BCUT2D eigenvalue weighted by atomic mass is 10.1. The van der Waals surface area contributed by atoms with E-state index in [0.29, 0.717) is 12.1 Å². The molecule has 2 fully saturated rings. The molecule has 0 aromatic heterocycles. The predicted molar refractivity (Wildman–Crippen MR) is 75.6 cm³/mol. The first-order valence-electron chi connectivity index (χ1n) is 7.37. The van der Waals surface area contributed by atoms with Crippen LogP contribution in [0.5, 0.6) is 0 Å². The van der Waals surface area contributed by atoms with Crippen molar-refractivity contribution in [3.63, 3.8) is 0 Å². The van der Waals surface area contributed by atoms with Crippen LogP contribution in [-0.2, 0) is 22.5 Å². The van der Waals surface area contributed by atoms with E-state index in [-0.39, 0.29) is 6.42 Å². The van der Waals surface area contributed by atoms with Crippen molar-refractivity contribution in [3.8, 4) is 0 Å². The fourth-order valence-electron chi connectivity index (χ4n) is 3.37. The molecule has 0 radical (unpaired) electrons. The maximum Gasteiger partial charge on any atom is 0.307 e. The Labute approximate surface area is 119 Å². The van der Waals surface area contributed by atoms with Crippen LogP contribution in [0.2, 0.25) is 0 Å². The van der Waals surface area contributed by atoms with Crippen LogP contribution >= 0.6 is 0 Å². The second-order valence-electron chi connectivity index (χ2n) is 5.76. The molecule has 2 unspecified atom stereocenters. The van der Waals surface area contributed by atoms with E-state index < -0.39 is 5.97 Å². The van der Waals surface area contributed by atoms with Crippen molar-refractivity contribution in [3.05, 3.63) is 35.4 Å². The van der Waals surface area contributed by atoms with Crippen LogP contribution in [0.25, 0.3) is 0 Å². The van der Waals surface area contributed by atoms with E-state index in [1.165, 1.54) is 24.8 Å². The van der Waals surface area contributed by atoms with Gasteiger partial charge in [-0.05, 0) is 30.4 Å². The monoisotopic (exact) mass is 275 g/mol. The Hall–Kier alpha value is -1.39. The van der Waals surface area contributed by atoms with Gasteiger partial charge < -0.3 is 9.84 Å². The number of hydrogen-bond donors (Lipinski definition) is 1. The van der Waals surface area contributed by atoms with Gasteiger partial charge in [0.2, 0.25) is 0 Å². The minimum Gasteiger partial charge on any atom is -0.481 e. The zero-order valence-electron chi connectivity index (χ0n) is 11.6. The maximum absolute atomic E-state index is 10.7. The zero-order valence-corrected chi connectivity index (χ0v) is 11.6. The fraction of sp³-hybridized carbons (Fsp3) is 0.562. The molecule has 1 heterocycles. The van der Waals surface area contributed by atoms with Crippen LogP contribution in [0.3, 0.4) is 0 Å². The number of fused-ring (bicyclic) bond motifs is 1. The SMILES string of the molecule is O=C(O)Cc1ccc(CN2CCOC3CCCC32)cc1. The van der Waals surface area contributed by atoms with Crippen molar-refractivity contribution in [2.45, 2.75) is 44.4 Å². The Morgan fingerprint density at radius 1 is 1.25 bits per heavy atom. The standard InChI is InChI=1S/C16H21NO3/c18-16(19)10-12-4-6-13(7-5-12)11-17-8-9-20-15-3-1-2-14(15)17/h4-7,14-15H,1-3,8-11H2,(H,18,19). The first-order valence-corrected chi connectivity index (χ1v) is 7.37. The molecule has 0 amide bonds. The summed E-state index contributed by atoms with van der Waals surface area (Å²) in [5.74, 6) is -0.778. The third-order valence-electron chi connectivity index (χ3n) is 4.36. The van der Waals surface area contributed by atoms with Crippen molar-refractivity contribution >= 4 is 5.97 Å². The van der Waals surface area contributed by atoms with Crippen molar-refractivity contribution in [1.29, 1.82) is 0 Å². The molecule has 108 valence electrons. The summed E-state index contributed by atoms with van der Waals surface area (Å²) >= 11 is 0. The number of morpholine rings is 1. The van der Waals surface area contributed by atoms with E-state index >= 15 is 0 Å². The summed E-state index contributed by atoms with van der Waals surface area (Å²) in [4.78, 5) is 13.2. The highest BCUT2D eigenvalue weighted by Gasteiger charge is 2.35. The van der Waals surface area contributed by atoms with Crippen LogP contribution in [0, 0.1) is 0 Å². The zero-order chi connectivity index (χ0) is 13.9. The Morgan fingerprint density at radius 2 is 2.00 bits per heavy atom. The molecule has 2 aliphatic rings. The number of benzene rings is 1. The Balaban J connectivity index is 1.63. The first kappa shape index (κ1) is 13.6. The Morgan fingerprint density at radius 3 is 2.75 bits per heavy atom. The third-order valence-corrected chi connectivity index (χ3v) is 4.36. The van der Waals surface area contributed by atoms with Crippen molar-refractivity contribution in [2.75, 3.05) is 13.2 Å². The van der Waals surface area contributed by atoms with Gasteiger partial charge in [0.15, 0.2) is 0 Å². The molecule has 1 aromatic carbocycles. The summed E-state index contributed by atoms with van der Waals surface area (Å²) in [6, 6.07) is 8.53. The summed E-state index contributed by atoms with van der Waals surface area (Å²) in [6.07, 6.45) is 4.22. The van der Waals surface area contributed by atoms with Gasteiger partial charge in [0, 0.05) is 19.1 Å². The molecule has 1 saturated carbocycles. The second kappa shape index (κ2) is 5.94. The highest BCUT2D eigenvalue weighted by Crippen LogP contribution is 2.30. The van der Waals surface area contributed by atoms with E-state index in [0.717, 1.165) is 25.3 Å². The smallest absolute Gasteiger partial charge is 0.307 e. The summed E-state index contributed by atoms with van der Waals surface area (Å²) < 4.78 is 5.83. The first-order chi connectivity index (χ1) is 9.72. The van der Waals surface area contributed by atoms with E-state index in [4.69, 9.17) is 9.84 Å². The van der Waals surface area contributed by atoms with E-state index in [9.17, 15) is 4.79 Å². The van der Waals surface area contributed by atoms with Gasteiger partial charge in [-0.25, -0.2) is 0 Å². The lowest BCUT2D eigenvalue weighted by molar-refractivity contribution is -0.136. The molecule has 3 rings (SSSR count). The minimum atomic E-state index is -0.778. The summed E-state index contributed by atoms with van der Waals surface area (Å²) in [5.41, 5.74) is 2.12. The summed E-state index contributed by atoms with van der Waals surface area (Å²) in [6.45, 7) is 2.77. The molecular formula is C16H21NO3. The quantitative estimate of drug-likeness (QED) is 0.914. The molecule has 20 heavy (non-hydrogen) atoms. The van der Waals surface area contributed by atoms with E-state index in [2.05, 4.69) is 17.0 Å². The van der Waals surface area contributed by atoms with E-state index in [1.807, 2.05) is 12.1 Å². The molecule has 1 aromatic rings. The lowest BCUT2D eigenvalue weighted by Gasteiger charge is -2.37. The summed E-state index contributed by atoms with van der Waals surface area (Å²) in [5, 5.41) is 8.78. The van der Waals surface area contributed by atoms with Crippen molar-refractivity contribution in [2.24, 2.45) is 0 Å². The second-order valence-corrected chi connectivity index (χ2v) is 5.76. The maximum atomic E-state index is 10.7. The molecule has 0 spiro atoms. The molecule has 1 saturated heterocycles. The third kappa shape index (κ3) is 3.02. The van der Waals surface area contributed by atoms with Gasteiger partial charge in [-0.15, -0.1) is 0 Å². The number of carbonyl (C=O) groups is 1. The summed E-state index contributed by atoms with van der Waals surface area (Å²) in [7, 11) is 0. The number of hydrogen-bond acceptors (Lipinski definition) is 3. The number of carboxylic acid groups (broad SMARTS) is 1. The van der Waals surface area contributed by atoms with Gasteiger partial charge in [-0.3, -0.25) is 9.69 Å². The van der Waals surface area contributed by atoms with Crippen molar-refractivity contribution < 1.29 is 14.6 Å². The van der Waals surface area contributed by atoms with Gasteiger partial charge in [0.05, 0.1) is 19.1 Å². The lowest BCUT2D eigenvalue weighted by Crippen LogP contribution is -2.47. The molecular weight excluding hydrogens is 254 g/mol. The predicted octanol–water partition coefficient (Wildman–Crippen LogP) is 2.07. The topological polar surface area (TPSA) is 49.8 Å². The molecule has 1 N–H and O–H groups in total. The number of carboxylic acids is 1. The van der Waals surface area contributed by atoms with Gasteiger partial charge in [-0.1, -0.05) is 24.3 Å². The number of aliphatic carboxylic acids is 1. The van der Waals surface area contributed by atoms with Crippen LogP contribution < -0.4 is 0 Å². The number of rotatable bonds is 4. The van der Waals surface area contributed by atoms with Gasteiger partial charge in [-0.2, -0.15) is 0 Å². The molecule has 4 nitrogen and oxygen atoms in total. The van der Waals surface area contributed by atoms with Gasteiger partial charge in [0.25, 0.3) is 0 Å². The Bertz CT molecular complexity index is 471. The molecule has 4 heteroatoms.